The van der Waals surface area contributed by atoms with Crippen molar-refractivity contribution >= 4 is 11.6 Å². The Bertz CT molecular complexity index is 470. The van der Waals surface area contributed by atoms with E-state index >= 15 is 0 Å². The normalized spacial score (nSPS) is 29.0. The Kier molecular flexibility index (Phi) is 4.85. The molecule has 0 aliphatic heterocycles. The molecule has 0 heterocycles. The summed E-state index contributed by atoms with van der Waals surface area (Å²) in [5.41, 5.74) is 0.676. The Morgan fingerprint density at radius 2 is 2.19 bits per heavy atom. The summed E-state index contributed by atoms with van der Waals surface area (Å²) in [7, 11) is 0. The van der Waals surface area contributed by atoms with E-state index in [1.165, 1.54) is 31.7 Å². The van der Waals surface area contributed by atoms with E-state index < -0.39 is 0 Å². The van der Waals surface area contributed by atoms with Gasteiger partial charge in [-0.3, -0.25) is 0 Å². The smallest absolute Gasteiger partial charge is 0.129 e. The third-order valence-electron chi connectivity index (χ3n) is 5.41. The first-order valence-electron chi connectivity index (χ1n) is 8.36. The minimum Gasteiger partial charge on any atom is -0.310 e. The zero-order valence-electron chi connectivity index (χ0n) is 12.7. The monoisotopic (exact) mass is 309 g/mol. The van der Waals surface area contributed by atoms with Gasteiger partial charge < -0.3 is 5.32 Å². The number of halogens is 2. The van der Waals surface area contributed by atoms with E-state index in [1.807, 2.05) is 0 Å². The van der Waals surface area contributed by atoms with Gasteiger partial charge >= 0.3 is 0 Å². The van der Waals surface area contributed by atoms with Crippen LogP contribution in [0.15, 0.2) is 18.2 Å². The lowest BCUT2D eigenvalue weighted by Crippen LogP contribution is -2.27. The van der Waals surface area contributed by atoms with E-state index in [2.05, 4.69) is 12.2 Å². The van der Waals surface area contributed by atoms with Crippen LogP contribution < -0.4 is 5.32 Å². The molecule has 2 saturated carbocycles. The summed E-state index contributed by atoms with van der Waals surface area (Å²) in [6.45, 7) is 3.06. The molecule has 0 amide bonds. The van der Waals surface area contributed by atoms with Gasteiger partial charge in [0.25, 0.3) is 0 Å². The van der Waals surface area contributed by atoms with Gasteiger partial charge in [0.1, 0.15) is 5.82 Å². The summed E-state index contributed by atoms with van der Waals surface area (Å²) < 4.78 is 14.3. The van der Waals surface area contributed by atoms with E-state index in [9.17, 15) is 4.39 Å². The highest BCUT2D eigenvalue weighted by molar-refractivity contribution is 6.31. The van der Waals surface area contributed by atoms with Crippen LogP contribution >= 0.6 is 11.6 Å². The standard InChI is InChI=1S/C18H25ClFN/c1-2-8-21-17(18-15(19)4-3-5-16(18)20)11-14-10-12-6-7-13(14)9-12/h3-5,12-14,17,21H,2,6-11H2,1H3. The number of nitrogens with one attached hydrogen (secondary N) is 1. The molecule has 116 valence electrons. The second kappa shape index (κ2) is 6.66. The van der Waals surface area contributed by atoms with Crippen molar-refractivity contribution in [1.82, 2.24) is 5.32 Å². The molecule has 1 aromatic carbocycles. The average molecular weight is 310 g/mol. The fourth-order valence-corrected chi connectivity index (χ4v) is 4.73. The summed E-state index contributed by atoms with van der Waals surface area (Å²) in [6.07, 6.45) is 7.60. The first kappa shape index (κ1) is 15.3. The molecule has 2 bridgehead atoms. The lowest BCUT2D eigenvalue weighted by Gasteiger charge is -2.28. The largest absolute Gasteiger partial charge is 0.310 e. The van der Waals surface area contributed by atoms with E-state index in [1.54, 1.807) is 12.1 Å². The Morgan fingerprint density at radius 1 is 1.33 bits per heavy atom. The highest BCUT2D eigenvalue weighted by Gasteiger charge is 2.40. The number of hydrogen-bond donors (Lipinski definition) is 1. The lowest BCUT2D eigenvalue weighted by atomic mass is 9.82. The van der Waals surface area contributed by atoms with Crippen LogP contribution in [0.4, 0.5) is 4.39 Å². The first-order chi connectivity index (χ1) is 10.2. The van der Waals surface area contributed by atoms with Crippen molar-refractivity contribution in [1.29, 1.82) is 0 Å². The molecule has 3 heteroatoms. The number of rotatable bonds is 6. The van der Waals surface area contributed by atoms with Gasteiger partial charge in [-0.1, -0.05) is 31.0 Å². The van der Waals surface area contributed by atoms with E-state index in [0.717, 1.165) is 37.1 Å². The summed E-state index contributed by atoms with van der Waals surface area (Å²) in [5, 5.41) is 4.09. The molecule has 2 aliphatic carbocycles. The molecule has 2 aliphatic rings. The number of benzene rings is 1. The summed E-state index contributed by atoms with van der Waals surface area (Å²) in [4.78, 5) is 0. The molecule has 1 nitrogen and oxygen atoms in total. The summed E-state index contributed by atoms with van der Waals surface area (Å²) in [6, 6.07) is 5.09. The zero-order chi connectivity index (χ0) is 14.8. The molecular weight excluding hydrogens is 285 g/mol. The van der Waals surface area contributed by atoms with E-state index in [4.69, 9.17) is 11.6 Å². The van der Waals surface area contributed by atoms with Gasteiger partial charge in [-0.15, -0.1) is 0 Å². The molecule has 4 atom stereocenters. The van der Waals surface area contributed by atoms with Gasteiger partial charge in [0.15, 0.2) is 0 Å². The topological polar surface area (TPSA) is 12.0 Å². The molecule has 0 aromatic heterocycles. The van der Waals surface area contributed by atoms with Crippen molar-refractivity contribution in [3.05, 3.63) is 34.6 Å². The van der Waals surface area contributed by atoms with Gasteiger partial charge in [-0.25, -0.2) is 4.39 Å². The van der Waals surface area contributed by atoms with Crippen molar-refractivity contribution in [3.8, 4) is 0 Å². The molecule has 21 heavy (non-hydrogen) atoms. The second-order valence-corrected chi connectivity index (χ2v) is 7.22. The van der Waals surface area contributed by atoms with Crippen LogP contribution in [0.2, 0.25) is 5.02 Å². The molecule has 2 fully saturated rings. The van der Waals surface area contributed by atoms with E-state index in [-0.39, 0.29) is 11.9 Å². The molecule has 1 N–H and O–H groups in total. The van der Waals surface area contributed by atoms with Crippen molar-refractivity contribution in [2.45, 2.75) is 51.5 Å². The second-order valence-electron chi connectivity index (χ2n) is 6.81. The average Bonchev–Trinajstić information content (AvgIpc) is 3.06. The predicted octanol–water partition coefficient (Wildman–Crippen LogP) is 5.35. The summed E-state index contributed by atoms with van der Waals surface area (Å²) in [5.74, 6) is 2.38. The molecule has 0 saturated heterocycles. The Labute approximate surface area is 132 Å². The molecule has 0 spiro atoms. The van der Waals surface area contributed by atoms with Crippen LogP contribution in [0.25, 0.3) is 0 Å². The zero-order valence-corrected chi connectivity index (χ0v) is 13.5. The minimum atomic E-state index is -0.167. The van der Waals surface area contributed by atoms with Crippen LogP contribution in [0, 0.1) is 23.6 Å². The van der Waals surface area contributed by atoms with Crippen LogP contribution in [0.5, 0.6) is 0 Å². The van der Waals surface area contributed by atoms with Crippen LogP contribution in [0.1, 0.15) is 57.1 Å². The fourth-order valence-electron chi connectivity index (χ4n) is 4.43. The van der Waals surface area contributed by atoms with Gasteiger partial charge in [0, 0.05) is 16.6 Å². The summed E-state index contributed by atoms with van der Waals surface area (Å²) >= 11 is 6.29. The van der Waals surface area contributed by atoms with Crippen LogP contribution in [-0.4, -0.2) is 6.54 Å². The van der Waals surface area contributed by atoms with Crippen molar-refractivity contribution < 1.29 is 4.39 Å². The van der Waals surface area contributed by atoms with Crippen molar-refractivity contribution in [3.63, 3.8) is 0 Å². The molecular formula is C18H25ClFN. The number of hydrogen-bond acceptors (Lipinski definition) is 1. The molecule has 1 aromatic rings. The van der Waals surface area contributed by atoms with Crippen LogP contribution in [0.3, 0.4) is 0 Å². The third-order valence-corrected chi connectivity index (χ3v) is 5.74. The third kappa shape index (κ3) is 3.27. The lowest BCUT2D eigenvalue weighted by molar-refractivity contribution is 0.277. The maximum absolute atomic E-state index is 14.3. The molecule has 0 radical (unpaired) electrons. The SMILES string of the molecule is CCCNC(CC1CC2CCC1C2)c1c(F)cccc1Cl. The van der Waals surface area contributed by atoms with Gasteiger partial charge in [-0.05, 0) is 68.5 Å². The first-order valence-corrected chi connectivity index (χ1v) is 8.74. The molecule has 3 rings (SSSR count). The van der Waals surface area contributed by atoms with Gasteiger partial charge in [0.05, 0.1) is 0 Å². The highest BCUT2D eigenvalue weighted by atomic mass is 35.5. The maximum atomic E-state index is 14.3. The molecule has 4 unspecified atom stereocenters. The van der Waals surface area contributed by atoms with Crippen LogP contribution in [-0.2, 0) is 0 Å². The van der Waals surface area contributed by atoms with Crippen molar-refractivity contribution in [2.75, 3.05) is 6.54 Å². The fraction of sp³-hybridized carbons (Fsp3) is 0.667. The van der Waals surface area contributed by atoms with Gasteiger partial charge in [-0.2, -0.15) is 0 Å². The van der Waals surface area contributed by atoms with E-state index in [0.29, 0.717) is 10.6 Å². The maximum Gasteiger partial charge on any atom is 0.129 e. The minimum absolute atomic E-state index is 0.0583. The Balaban J connectivity index is 1.77. The highest BCUT2D eigenvalue weighted by Crippen LogP contribution is 2.51. The van der Waals surface area contributed by atoms with Crippen molar-refractivity contribution in [2.24, 2.45) is 17.8 Å². The Morgan fingerprint density at radius 3 is 2.81 bits per heavy atom. The number of fused-ring (bicyclic) bond motifs is 2. The quantitative estimate of drug-likeness (QED) is 0.747. The predicted molar refractivity (Wildman–Crippen MR) is 86.0 cm³/mol. The Hall–Kier alpha value is -0.600. The van der Waals surface area contributed by atoms with Gasteiger partial charge in [0.2, 0.25) is 0 Å².